The Kier molecular flexibility index (Phi) is 7.04. The van der Waals surface area contributed by atoms with Crippen molar-refractivity contribution in [3.05, 3.63) is 18.2 Å². The minimum Gasteiger partial charge on any atom is -0.338 e. The molecule has 6 heteroatoms. The van der Waals surface area contributed by atoms with E-state index >= 15 is 0 Å². The molecule has 0 saturated carbocycles. The Balaban J connectivity index is 0.000000364. The van der Waals surface area contributed by atoms with Crippen molar-refractivity contribution in [2.75, 3.05) is 0 Å². The lowest BCUT2D eigenvalue weighted by molar-refractivity contribution is 0.509. The number of thiol groups is 1. The summed E-state index contributed by atoms with van der Waals surface area (Å²) in [5.74, 6) is 1.20. The number of rotatable bonds is 3. The number of hydrogen-bond acceptors (Lipinski definition) is 3. The molecule has 1 aromatic rings. The van der Waals surface area contributed by atoms with Crippen LogP contribution in [0.15, 0.2) is 12.4 Å². The number of nitrogens with zero attached hydrogens (tertiary/aromatic N) is 2. The van der Waals surface area contributed by atoms with Crippen LogP contribution in [0.4, 0.5) is 0 Å². The van der Waals surface area contributed by atoms with Gasteiger partial charge in [-0.05, 0) is 6.42 Å². The van der Waals surface area contributed by atoms with E-state index in [9.17, 15) is 0 Å². The molecule has 0 amide bonds. The molecule has 0 radical (unpaired) electrons. The molecule has 0 aliphatic rings. The molecule has 0 saturated heterocycles. The number of imidazole rings is 1. The van der Waals surface area contributed by atoms with Crippen molar-refractivity contribution in [1.82, 2.24) is 9.55 Å². The second-order valence-corrected chi connectivity index (χ2v) is 3.27. The Bertz CT molecular complexity index is 312. The Hall–Kier alpha value is -0.880. The summed E-state index contributed by atoms with van der Waals surface area (Å²) in [6, 6.07) is 0. The van der Waals surface area contributed by atoms with Crippen molar-refractivity contribution in [2.45, 2.75) is 26.2 Å². The maximum absolute atomic E-state index is 8.59. The van der Waals surface area contributed by atoms with Crippen LogP contribution in [0.25, 0.3) is 0 Å². The molecule has 0 atom stereocenters. The van der Waals surface area contributed by atoms with Crippen molar-refractivity contribution in [3.8, 4) is 0 Å². The average Bonchev–Trinajstić information content (AvgIpc) is 2.47. The van der Waals surface area contributed by atoms with Gasteiger partial charge in [0.1, 0.15) is 5.82 Å². The predicted octanol–water partition coefficient (Wildman–Crippen LogP) is 0.834. The Morgan fingerprint density at radius 2 is 2.14 bits per heavy atom. The zero-order valence-electron chi connectivity index (χ0n) is 8.38. The van der Waals surface area contributed by atoms with Crippen molar-refractivity contribution in [3.63, 3.8) is 0 Å². The third-order valence-corrected chi connectivity index (χ3v) is 1.67. The summed E-state index contributed by atoms with van der Waals surface area (Å²) in [5.41, 5.74) is 0. The van der Waals surface area contributed by atoms with Crippen LogP contribution in [0.3, 0.4) is 0 Å². The van der Waals surface area contributed by atoms with Crippen LogP contribution in [0, 0.1) is 0 Å². The van der Waals surface area contributed by atoms with Crippen molar-refractivity contribution in [2.24, 2.45) is 7.05 Å². The van der Waals surface area contributed by atoms with E-state index in [0.717, 1.165) is 6.42 Å². The fraction of sp³-hybridized carbons (Fsp3) is 0.625. The van der Waals surface area contributed by atoms with Gasteiger partial charge in [0.25, 0.3) is 11.0 Å². The second-order valence-electron chi connectivity index (χ2n) is 2.80. The van der Waals surface area contributed by atoms with Gasteiger partial charge in [-0.3, -0.25) is 4.55 Å². The maximum atomic E-state index is 8.59. The third kappa shape index (κ3) is 6.62. The number of hydrogen-bond donors (Lipinski definition) is 2. The van der Waals surface area contributed by atoms with E-state index in [4.69, 9.17) is 13.0 Å². The van der Waals surface area contributed by atoms with E-state index < -0.39 is 11.0 Å². The van der Waals surface area contributed by atoms with Gasteiger partial charge in [-0.1, -0.05) is 13.3 Å². The second kappa shape index (κ2) is 7.52. The fourth-order valence-electron chi connectivity index (χ4n) is 0.972. The van der Waals surface area contributed by atoms with Gasteiger partial charge in [-0.2, -0.15) is 0 Å². The quantitative estimate of drug-likeness (QED) is 0.584. The number of aromatic nitrogens is 2. The van der Waals surface area contributed by atoms with Crippen LogP contribution in [0.5, 0.6) is 0 Å². The molecular weight excluding hydrogens is 204 g/mol. The first-order valence-electron chi connectivity index (χ1n) is 4.37. The number of aryl methyl sites for hydroxylation is 2. The molecule has 0 bridgehead atoms. The van der Waals surface area contributed by atoms with E-state index in [1.807, 2.05) is 19.4 Å². The molecule has 0 fully saturated rings. The highest BCUT2D eigenvalue weighted by Crippen LogP contribution is 2.00. The topological polar surface area (TPSA) is 72.2 Å². The minimum atomic E-state index is -3.12. The van der Waals surface area contributed by atoms with Crippen LogP contribution < -0.4 is 0 Å². The summed E-state index contributed by atoms with van der Waals surface area (Å²) in [4.78, 5) is 4.22. The van der Waals surface area contributed by atoms with Gasteiger partial charge < -0.3 is 4.57 Å². The summed E-state index contributed by atoms with van der Waals surface area (Å²) >= 11 is 0. The van der Waals surface area contributed by atoms with Gasteiger partial charge in [0.2, 0.25) is 0 Å². The first-order chi connectivity index (χ1) is 6.57. The van der Waals surface area contributed by atoms with Crippen molar-refractivity contribution < 1.29 is 13.0 Å². The van der Waals surface area contributed by atoms with Crippen LogP contribution in [0.2, 0.25) is 0 Å². The first-order valence-corrected chi connectivity index (χ1v) is 5.50. The predicted molar refractivity (Wildman–Crippen MR) is 54.8 cm³/mol. The Labute approximate surface area is 85.6 Å². The zero-order chi connectivity index (χ0) is 11.0. The molecule has 0 aliphatic carbocycles. The molecule has 1 heterocycles. The van der Waals surface area contributed by atoms with Gasteiger partial charge >= 0.3 is 0 Å². The molecule has 0 aliphatic heterocycles. The van der Waals surface area contributed by atoms with Crippen LogP contribution in [0.1, 0.15) is 25.6 Å². The van der Waals surface area contributed by atoms with Crippen LogP contribution in [-0.4, -0.2) is 22.5 Å². The van der Waals surface area contributed by atoms with Gasteiger partial charge in [-0.25, -0.2) is 13.4 Å². The Morgan fingerprint density at radius 1 is 1.57 bits per heavy atom. The molecule has 1 rings (SSSR count). The SMILES string of the molecule is CCCCc1nccn1C.O=[SH](=O)O. The van der Waals surface area contributed by atoms with Gasteiger partial charge in [0, 0.05) is 25.9 Å². The summed E-state index contributed by atoms with van der Waals surface area (Å²) in [7, 11) is -1.08. The molecule has 82 valence electrons. The summed E-state index contributed by atoms with van der Waals surface area (Å²) < 4.78 is 26.3. The molecule has 14 heavy (non-hydrogen) atoms. The van der Waals surface area contributed by atoms with Gasteiger partial charge in [-0.15, -0.1) is 0 Å². The molecule has 0 unspecified atom stereocenters. The highest BCUT2D eigenvalue weighted by Gasteiger charge is 1.95. The third-order valence-electron chi connectivity index (χ3n) is 1.67. The van der Waals surface area contributed by atoms with Crippen LogP contribution >= 0.6 is 0 Å². The van der Waals surface area contributed by atoms with Crippen molar-refractivity contribution in [1.29, 1.82) is 0 Å². The van der Waals surface area contributed by atoms with E-state index in [0.29, 0.717) is 0 Å². The lowest BCUT2D eigenvalue weighted by Gasteiger charge is -1.97. The standard InChI is InChI=1S/C8H14N2.H2O3S/c1-3-4-5-8-9-6-7-10(8)2;1-4(2)3/h6-7H,3-5H2,1-2H3;4H,(H,1,2,3). The highest BCUT2D eigenvalue weighted by atomic mass is 32.2. The smallest absolute Gasteiger partial charge is 0.254 e. The van der Waals surface area contributed by atoms with E-state index in [1.54, 1.807) is 0 Å². The molecular formula is C8H16N2O3S. The first kappa shape index (κ1) is 13.1. The number of unbranched alkanes of at least 4 members (excludes halogenated alkanes) is 1. The molecule has 5 nitrogen and oxygen atoms in total. The average molecular weight is 220 g/mol. The van der Waals surface area contributed by atoms with Crippen molar-refractivity contribution >= 4 is 11.0 Å². The molecule has 1 N–H and O–H groups in total. The highest BCUT2D eigenvalue weighted by molar-refractivity contribution is 7.66. The Morgan fingerprint density at radius 3 is 2.50 bits per heavy atom. The van der Waals surface area contributed by atoms with E-state index in [2.05, 4.69) is 16.5 Å². The van der Waals surface area contributed by atoms with E-state index in [1.165, 1.54) is 18.7 Å². The fourth-order valence-corrected chi connectivity index (χ4v) is 0.972. The maximum Gasteiger partial charge on any atom is 0.254 e. The minimum absolute atomic E-state index is 1.11. The summed E-state index contributed by atoms with van der Waals surface area (Å²) in [6.07, 6.45) is 7.44. The summed E-state index contributed by atoms with van der Waals surface area (Å²) in [6.45, 7) is 2.20. The molecule has 0 spiro atoms. The monoisotopic (exact) mass is 220 g/mol. The largest absolute Gasteiger partial charge is 0.338 e. The van der Waals surface area contributed by atoms with Crippen LogP contribution in [-0.2, 0) is 24.5 Å². The lowest BCUT2D eigenvalue weighted by Crippen LogP contribution is -1.96. The van der Waals surface area contributed by atoms with E-state index in [-0.39, 0.29) is 0 Å². The van der Waals surface area contributed by atoms with Gasteiger partial charge in [0.15, 0.2) is 0 Å². The van der Waals surface area contributed by atoms with Gasteiger partial charge in [0.05, 0.1) is 0 Å². The molecule has 1 aromatic heterocycles. The lowest BCUT2D eigenvalue weighted by atomic mass is 10.2. The summed E-state index contributed by atoms with van der Waals surface area (Å²) in [5, 5.41) is 0. The normalized spacial score (nSPS) is 9.71. The zero-order valence-corrected chi connectivity index (χ0v) is 9.28. The molecule has 0 aromatic carbocycles.